The van der Waals surface area contributed by atoms with E-state index in [2.05, 4.69) is 5.32 Å². The topological polar surface area (TPSA) is 84.9 Å². The molecule has 0 bridgehead atoms. The van der Waals surface area contributed by atoms with Crippen LogP contribution in [0, 0.1) is 0 Å². The molecule has 0 unspecified atom stereocenters. The molecule has 1 aliphatic carbocycles. The highest BCUT2D eigenvalue weighted by Gasteiger charge is 2.34. The highest BCUT2D eigenvalue weighted by molar-refractivity contribution is 7.89. The van der Waals surface area contributed by atoms with Gasteiger partial charge in [-0.2, -0.15) is 4.31 Å². The zero-order valence-electron chi connectivity index (χ0n) is 17.6. The molecule has 1 N–H and O–H groups in total. The molecule has 168 valence electrons. The first kappa shape index (κ1) is 23.4. The number of nitrogens with zero attached hydrogens (tertiary/aromatic N) is 1. The molecule has 0 aromatic heterocycles. The Kier molecular flexibility index (Phi) is 7.80. The Morgan fingerprint density at radius 3 is 2.42 bits per heavy atom. The summed E-state index contributed by atoms with van der Waals surface area (Å²) in [5.41, 5.74) is 0.518. The lowest BCUT2D eigenvalue weighted by molar-refractivity contribution is -0.116. The standard InChI is InChI=1S/C22H27ClN2O5S/c1-29-20-12-11-19(14-21(20)30-2)31(27,28)25(18-9-4-3-5-10-18)15-22(26)24-17-8-6-7-16(23)13-17/h6-8,11-14,18H,3-5,9-10,15H2,1-2H3,(H,24,26). The van der Waals surface area contributed by atoms with Gasteiger partial charge in [0.05, 0.1) is 25.7 Å². The summed E-state index contributed by atoms with van der Waals surface area (Å²) in [6.07, 6.45) is 4.36. The largest absolute Gasteiger partial charge is 0.493 e. The Morgan fingerprint density at radius 1 is 1.06 bits per heavy atom. The fraction of sp³-hybridized carbons (Fsp3) is 0.409. The minimum absolute atomic E-state index is 0.0614. The van der Waals surface area contributed by atoms with Crippen LogP contribution in [0.4, 0.5) is 5.69 Å². The summed E-state index contributed by atoms with van der Waals surface area (Å²) < 4.78 is 38.9. The van der Waals surface area contributed by atoms with Crippen LogP contribution in [0.2, 0.25) is 5.02 Å². The monoisotopic (exact) mass is 466 g/mol. The number of carbonyl (C=O) groups excluding carboxylic acids is 1. The van der Waals surface area contributed by atoms with Crippen LogP contribution < -0.4 is 14.8 Å². The van der Waals surface area contributed by atoms with Gasteiger partial charge >= 0.3 is 0 Å². The number of rotatable bonds is 8. The third kappa shape index (κ3) is 5.70. The normalized spacial score (nSPS) is 15.0. The lowest BCUT2D eigenvalue weighted by Crippen LogP contribution is -2.45. The van der Waals surface area contributed by atoms with Crippen LogP contribution >= 0.6 is 11.6 Å². The fourth-order valence-electron chi connectivity index (χ4n) is 3.80. The van der Waals surface area contributed by atoms with Crippen LogP contribution in [0.1, 0.15) is 32.1 Å². The zero-order valence-corrected chi connectivity index (χ0v) is 19.2. The molecule has 2 aromatic rings. The second-order valence-corrected chi connectivity index (χ2v) is 9.74. The van der Waals surface area contributed by atoms with E-state index in [-0.39, 0.29) is 17.5 Å². The van der Waals surface area contributed by atoms with Crippen LogP contribution in [-0.2, 0) is 14.8 Å². The number of methoxy groups -OCH3 is 2. The molecular formula is C22H27ClN2O5S. The Balaban J connectivity index is 1.89. The van der Waals surface area contributed by atoms with Crippen LogP contribution in [0.5, 0.6) is 11.5 Å². The van der Waals surface area contributed by atoms with E-state index in [9.17, 15) is 13.2 Å². The average Bonchev–Trinajstić information content (AvgIpc) is 2.77. The number of sulfonamides is 1. The van der Waals surface area contributed by atoms with E-state index in [1.54, 1.807) is 30.3 Å². The molecule has 0 saturated heterocycles. The van der Waals surface area contributed by atoms with Crippen molar-refractivity contribution in [3.63, 3.8) is 0 Å². The number of hydrogen-bond donors (Lipinski definition) is 1. The molecule has 0 heterocycles. The smallest absolute Gasteiger partial charge is 0.243 e. The van der Waals surface area contributed by atoms with Crippen molar-refractivity contribution >= 4 is 33.2 Å². The van der Waals surface area contributed by atoms with Crippen molar-refractivity contribution in [3.05, 3.63) is 47.5 Å². The summed E-state index contributed by atoms with van der Waals surface area (Å²) in [7, 11) is -1.01. The van der Waals surface area contributed by atoms with Gasteiger partial charge in [0.2, 0.25) is 15.9 Å². The van der Waals surface area contributed by atoms with Crippen molar-refractivity contribution in [1.82, 2.24) is 4.31 Å². The van der Waals surface area contributed by atoms with Crippen LogP contribution in [0.3, 0.4) is 0 Å². The van der Waals surface area contributed by atoms with Gasteiger partial charge in [-0.1, -0.05) is 36.9 Å². The van der Waals surface area contributed by atoms with E-state index < -0.39 is 15.9 Å². The molecule has 1 amide bonds. The van der Waals surface area contributed by atoms with Gasteiger partial charge < -0.3 is 14.8 Å². The first-order chi connectivity index (χ1) is 14.8. The second kappa shape index (κ2) is 10.3. The van der Waals surface area contributed by atoms with E-state index >= 15 is 0 Å². The molecule has 9 heteroatoms. The molecule has 0 atom stereocenters. The number of halogens is 1. The fourth-order valence-corrected chi connectivity index (χ4v) is 5.65. The minimum atomic E-state index is -3.94. The van der Waals surface area contributed by atoms with Crippen LogP contribution in [-0.4, -0.2) is 45.4 Å². The molecule has 2 aromatic carbocycles. The average molecular weight is 467 g/mol. The van der Waals surface area contributed by atoms with E-state index in [1.165, 1.54) is 30.7 Å². The maximum absolute atomic E-state index is 13.6. The third-order valence-electron chi connectivity index (χ3n) is 5.35. The quantitative estimate of drug-likeness (QED) is 0.626. The molecule has 7 nitrogen and oxygen atoms in total. The van der Waals surface area contributed by atoms with E-state index in [4.69, 9.17) is 21.1 Å². The third-order valence-corrected chi connectivity index (χ3v) is 7.48. The predicted molar refractivity (Wildman–Crippen MR) is 120 cm³/mol. The first-order valence-corrected chi connectivity index (χ1v) is 12.0. The lowest BCUT2D eigenvalue weighted by atomic mass is 9.95. The van der Waals surface area contributed by atoms with Gasteiger partial charge in [0.15, 0.2) is 11.5 Å². The molecule has 1 fully saturated rings. The highest BCUT2D eigenvalue weighted by Crippen LogP contribution is 2.33. The molecule has 0 spiro atoms. The summed E-state index contributed by atoms with van der Waals surface area (Å²) >= 11 is 5.98. The molecule has 1 aliphatic rings. The summed E-state index contributed by atoms with van der Waals surface area (Å²) in [4.78, 5) is 12.8. The van der Waals surface area contributed by atoms with Gasteiger partial charge in [0, 0.05) is 22.8 Å². The molecule has 31 heavy (non-hydrogen) atoms. The maximum Gasteiger partial charge on any atom is 0.243 e. The van der Waals surface area contributed by atoms with E-state index in [0.717, 1.165) is 32.1 Å². The van der Waals surface area contributed by atoms with Gasteiger partial charge in [0.1, 0.15) is 0 Å². The predicted octanol–water partition coefficient (Wildman–Crippen LogP) is 4.32. The minimum Gasteiger partial charge on any atom is -0.493 e. The van der Waals surface area contributed by atoms with Crippen molar-refractivity contribution in [2.45, 2.75) is 43.0 Å². The van der Waals surface area contributed by atoms with Gasteiger partial charge in [-0.25, -0.2) is 8.42 Å². The SMILES string of the molecule is COc1ccc(S(=O)(=O)N(CC(=O)Nc2cccc(Cl)c2)C2CCCCC2)cc1OC. The highest BCUT2D eigenvalue weighted by atomic mass is 35.5. The summed E-state index contributed by atoms with van der Waals surface area (Å²) in [6, 6.07) is 11.0. The number of anilines is 1. The molecule has 3 rings (SSSR count). The summed E-state index contributed by atoms with van der Waals surface area (Å²) in [6.45, 7) is -0.284. The van der Waals surface area contributed by atoms with Gasteiger partial charge in [-0.05, 0) is 43.2 Å². The molecule has 0 aliphatic heterocycles. The van der Waals surface area contributed by atoms with E-state index in [1.807, 2.05) is 0 Å². The Morgan fingerprint density at radius 2 is 1.77 bits per heavy atom. The number of carbonyl (C=O) groups is 1. The van der Waals surface area contributed by atoms with Crippen molar-refractivity contribution in [2.24, 2.45) is 0 Å². The summed E-state index contributed by atoms with van der Waals surface area (Å²) in [5.74, 6) is 0.330. The zero-order chi connectivity index (χ0) is 22.4. The van der Waals surface area contributed by atoms with E-state index in [0.29, 0.717) is 22.2 Å². The van der Waals surface area contributed by atoms with Crippen molar-refractivity contribution in [1.29, 1.82) is 0 Å². The molecular weight excluding hydrogens is 440 g/mol. The number of hydrogen-bond acceptors (Lipinski definition) is 5. The molecule has 1 saturated carbocycles. The Bertz CT molecular complexity index is 1020. The number of ether oxygens (including phenoxy) is 2. The van der Waals surface area contributed by atoms with Gasteiger partial charge in [-0.3, -0.25) is 4.79 Å². The second-order valence-electron chi connectivity index (χ2n) is 7.42. The Hall–Kier alpha value is -2.29. The lowest BCUT2D eigenvalue weighted by Gasteiger charge is -2.33. The van der Waals surface area contributed by atoms with Gasteiger partial charge in [-0.15, -0.1) is 0 Å². The van der Waals surface area contributed by atoms with Crippen LogP contribution in [0.25, 0.3) is 0 Å². The van der Waals surface area contributed by atoms with Crippen molar-refractivity contribution in [2.75, 3.05) is 26.1 Å². The van der Waals surface area contributed by atoms with Crippen LogP contribution in [0.15, 0.2) is 47.4 Å². The number of nitrogens with one attached hydrogen (secondary N) is 1. The number of benzene rings is 2. The Labute approximate surface area is 188 Å². The summed E-state index contributed by atoms with van der Waals surface area (Å²) in [5, 5.41) is 3.23. The number of amides is 1. The first-order valence-electron chi connectivity index (χ1n) is 10.1. The molecule has 0 radical (unpaired) electrons. The maximum atomic E-state index is 13.6. The van der Waals surface area contributed by atoms with Crippen molar-refractivity contribution < 1.29 is 22.7 Å². The van der Waals surface area contributed by atoms with Gasteiger partial charge in [0.25, 0.3) is 0 Å². The van der Waals surface area contributed by atoms with Crippen molar-refractivity contribution in [3.8, 4) is 11.5 Å².